The maximum Gasteiger partial charge on any atom is 0.272 e. The number of aromatic nitrogens is 1. The quantitative estimate of drug-likeness (QED) is 0.892. The highest BCUT2D eigenvalue weighted by Crippen LogP contribution is 2.21. The van der Waals surface area contributed by atoms with Gasteiger partial charge in [-0.25, -0.2) is 0 Å². The Morgan fingerprint density at radius 3 is 2.95 bits per heavy atom. The predicted molar refractivity (Wildman–Crippen MR) is 86.2 cm³/mol. The van der Waals surface area contributed by atoms with Crippen LogP contribution < -0.4 is 5.32 Å². The molecule has 0 aliphatic rings. The highest BCUT2D eigenvalue weighted by atomic mass is 79.9. The van der Waals surface area contributed by atoms with Crippen molar-refractivity contribution in [2.75, 3.05) is 18.9 Å². The monoisotopic (exact) mass is 353 g/mol. The van der Waals surface area contributed by atoms with Crippen molar-refractivity contribution in [3.63, 3.8) is 0 Å². The number of halogens is 1. The van der Waals surface area contributed by atoms with Crippen LogP contribution in [0.5, 0.6) is 0 Å². The molecule has 0 radical (unpaired) electrons. The van der Waals surface area contributed by atoms with Crippen LogP contribution in [0.1, 0.15) is 22.3 Å². The van der Waals surface area contributed by atoms with Crippen molar-refractivity contribution in [1.82, 2.24) is 9.88 Å². The van der Waals surface area contributed by atoms with Crippen LogP contribution in [-0.4, -0.2) is 29.4 Å². The molecule has 0 fully saturated rings. The molecule has 0 saturated carbocycles. The van der Waals surface area contributed by atoms with Gasteiger partial charge < -0.3 is 10.2 Å². The Kier molecular flexibility index (Phi) is 5.14. The summed E-state index contributed by atoms with van der Waals surface area (Å²) in [6.45, 7) is 3.42. The van der Waals surface area contributed by atoms with Crippen LogP contribution in [-0.2, 0) is 6.54 Å². The molecule has 2 aromatic rings. The Bertz CT molecular complexity index is 600. The summed E-state index contributed by atoms with van der Waals surface area (Å²) in [7, 11) is 1.79. The first-order chi connectivity index (χ1) is 9.60. The van der Waals surface area contributed by atoms with Crippen LogP contribution in [0.4, 0.5) is 5.69 Å². The lowest BCUT2D eigenvalue weighted by Crippen LogP contribution is -2.26. The molecule has 0 aromatic carbocycles. The van der Waals surface area contributed by atoms with Gasteiger partial charge in [0.2, 0.25) is 0 Å². The first kappa shape index (κ1) is 15.0. The minimum absolute atomic E-state index is 0.0747. The molecule has 2 heterocycles. The summed E-state index contributed by atoms with van der Waals surface area (Å²) in [5.74, 6) is -0.0747. The number of nitrogens with zero attached hydrogens (tertiary/aromatic N) is 2. The second-order valence-electron chi connectivity index (χ2n) is 4.35. The number of hydrogen-bond acceptors (Lipinski definition) is 4. The van der Waals surface area contributed by atoms with Crippen molar-refractivity contribution < 1.29 is 4.79 Å². The smallest absolute Gasteiger partial charge is 0.272 e. The average Bonchev–Trinajstić information content (AvgIpc) is 2.84. The molecule has 6 heteroatoms. The standard InChI is InChI=1S/C14H16BrN3OS/c1-3-16-11-4-5-17-13(7-11)14(19)18(2)8-12-6-10(15)9-20-12/h4-7,9H,3,8H2,1-2H3,(H,16,17). The van der Waals surface area contributed by atoms with Crippen LogP contribution in [0.25, 0.3) is 0 Å². The number of thiophene rings is 1. The van der Waals surface area contributed by atoms with E-state index < -0.39 is 0 Å². The number of nitrogens with one attached hydrogen (secondary N) is 1. The zero-order chi connectivity index (χ0) is 14.5. The molecular formula is C14H16BrN3OS. The van der Waals surface area contributed by atoms with E-state index in [9.17, 15) is 4.79 Å². The summed E-state index contributed by atoms with van der Waals surface area (Å²) in [5.41, 5.74) is 1.37. The van der Waals surface area contributed by atoms with Crippen LogP contribution in [0, 0.1) is 0 Å². The number of carbonyl (C=O) groups is 1. The second kappa shape index (κ2) is 6.85. The Morgan fingerprint density at radius 1 is 1.50 bits per heavy atom. The van der Waals surface area contributed by atoms with Gasteiger partial charge in [-0.1, -0.05) is 0 Å². The third-order valence-electron chi connectivity index (χ3n) is 2.72. The molecule has 0 aliphatic heterocycles. The molecule has 20 heavy (non-hydrogen) atoms. The summed E-state index contributed by atoms with van der Waals surface area (Å²) < 4.78 is 1.05. The van der Waals surface area contributed by atoms with Crippen molar-refractivity contribution in [3.8, 4) is 0 Å². The molecule has 4 nitrogen and oxygen atoms in total. The largest absolute Gasteiger partial charge is 0.385 e. The lowest BCUT2D eigenvalue weighted by molar-refractivity contribution is 0.0780. The summed E-state index contributed by atoms with van der Waals surface area (Å²) in [6, 6.07) is 5.67. The normalized spacial score (nSPS) is 10.3. The van der Waals surface area contributed by atoms with Gasteiger partial charge in [0.25, 0.3) is 5.91 Å². The van der Waals surface area contributed by atoms with Crippen LogP contribution in [0.15, 0.2) is 34.2 Å². The Labute approximate surface area is 131 Å². The summed E-state index contributed by atoms with van der Waals surface area (Å²) in [5, 5.41) is 5.19. The fourth-order valence-corrected chi connectivity index (χ4v) is 3.30. The van der Waals surface area contributed by atoms with Crippen LogP contribution >= 0.6 is 27.3 Å². The predicted octanol–water partition coefficient (Wildman–Crippen LogP) is 3.61. The molecule has 0 saturated heterocycles. The SMILES string of the molecule is CCNc1ccnc(C(=O)N(C)Cc2cc(Br)cs2)c1. The second-order valence-corrected chi connectivity index (χ2v) is 6.26. The molecule has 0 spiro atoms. The minimum Gasteiger partial charge on any atom is -0.385 e. The van der Waals surface area contributed by atoms with Gasteiger partial charge in [-0.05, 0) is 41.1 Å². The van der Waals surface area contributed by atoms with E-state index in [4.69, 9.17) is 0 Å². The molecule has 0 bridgehead atoms. The van der Waals surface area contributed by atoms with Crippen LogP contribution in [0.3, 0.4) is 0 Å². The Balaban J connectivity index is 2.07. The molecular weight excluding hydrogens is 338 g/mol. The number of anilines is 1. The van der Waals surface area contributed by atoms with Crippen molar-refractivity contribution >= 4 is 38.9 Å². The Hall–Kier alpha value is -1.40. The fraction of sp³-hybridized carbons (Fsp3) is 0.286. The van der Waals surface area contributed by atoms with Gasteiger partial charge in [-0.3, -0.25) is 9.78 Å². The topological polar surface area (TPSA) is 45.2 Å². The minimum atomic E-state index is -0.0747. The van der Waals surface area contributed by atoms with Gasteiger partial charge in [0.05, 0.1) is 6.54 Å². The lowest BCUT2D eigenvalue weighted by atomic mass is 10.3. The van der Waals surface area contributed by atoms with E-state index in [0.717, 1.165) is 21.6 Å². The number of rotatable bonds is 5. The highest BCUT2D eigenvalue weighted by Gasteiger charge is 2.14. The average molecular weight is 354 g/mol. The van der Waals surface area contributed by atoms with Gasteiger partial charge in [-0.15, -0.1) is 11.3 Å². The van der Waals surface area contributed by atoms with Gasteiger partial charge >= 0.3 is 0 Å². The molecule has 1 N–H and O–H groups in total. The maximum atomic E-state index is 12.3. The molecule has 0 atom stereocenters. The third-order valence-corrected chi connectivity index (χ3v) is 4.40. The Morgan fingerprint density at radius 2 is 2.30 bits per heavy atom. The number of amides is 1. The number of hydrogen-bond donors (Lipinski definition) is 1. The van der Waals surface area contributed by atoms with Gasteiger partial charge in [0.1, 0.15) is 5.69 Å². The lowest BCUT2D eigenvalue weighted by Gasteiger charge is -2.16. The summed E-state index contributed by atoms with van der Waals surface area (Å²) in [6.07, 6.45) is 1.65. The number of carbonyl (C=O) groups excluding carboxylic acids is 1. The van der Waals surface area contributed by atoms with E-state index >= 15 is 0 Å². The van der Waals surface area contributed by atoms with Crippen molar-refractivity contribution in [2.45, 2.75) is 13.5 Å². The molecule has 106 valence electrons. The van der Waals surface area contributed by atoms with Crippen molar-refractivity contribution in [3.05, 3.63) is 44.8 Å². The van der Waals surface area contributed by atoms with Gasteiger partial charge in [0.15, 0.2) is 0 Å². The first-order valence-corrected chi connectivity index (χ1v) is 7.95. The molecule has 2 aromatic heterocycles. The highest BCUT2D eigenvalue weighted by molar-refractivity contribution is 9.10. The summed E-state index contributed by atoms with van der Waals surface area (Å²) in [4.78, 5) is 19.3. The zero-order valence-corrected chi connectivity index (χ0v) is 13.8. The summed E-state index contributed by atoms with van der Waals surface area (Å²) >= 11 is 5.05. The van der Waals surface area contributed by atoms with E-state index in [2.05, 4.69) is 26.2 Å². The molecule has 1 amide bonds. The van der Waals surface area contributed by atoms with E-state index in [0.29, 0.717) is 12.2 Å². The number of pyridine rings is 1. The van der Waals surface area contributed by atoms with E-state index in [-0.39, 0.29) is 5.91 Å². The van der Waals surface area contributed by atoms with Crippen LogP contribution in [0.2, 0.25) is 0 Å². The third kappa shape index (κ3) is 3.80. The first-order valence-electron chi connectivity index (χ1n) is 6.28. The maximum absolute atomic E-state index is 12.3. The van der Waals surface area contributed by atoms with Crippen molar-refractivity contribution in [1.29, 1.82) is 0 Å². The van der Waals surface area contributed by atoms with E-state index in [1.807, 2.05) is 24.4 Å². The van der Waals surface area contributed by atoms with E-state index in [1.165, 1.54) is 0 Å². The molecule has 2 rings (SSSR count). The van der Waals surface area contributed by atoms with Gasteiger partial charge in [0, 0.05) is 40.2 Å². The van der Waals surface area contributed by atoms with E-state index in [1.54, 1.807) is 35.5 Å². The fourth-order valence-electron chi connectivity index (χ4n) is 1.80. The van der Waals surface area contributed by atoms with Crippen molar-refractivity contribution in [2.24, 2.45) is 0 Å². The molecule has 0 aliphatic carbocycles. The van der Waals surface area contributed by atoms with Gasteiger partial charge in [-0.2, -0.15) is 0 Å². The zero-order valence-electron chi connectivity index (χ0n) is 11.4. The molecule has 0 unspecified atom stereocenters.